The highest BCUT2D eigenvalue weighted by molar-refractivity contribution is 5.79. The lowest BCUT2D eigenvalue weighted by atomic mass is 9.90. The van der Waals surface area contributed by atoms with Gasteiger partial charge in [0.25, 0.3) is 0 Å². The first-order chi connectivity index (χ1) is 8.93. The molecule has 0 radical (unpaired) electrons. The van der Waals surface area contributed by atoms with Gasteiger partial charge >= 0.3 is 12.1 Å². The number of hydrogen-bond donors (Lipinski definition) is 2. The number of ether oxygens (including phenoxy) is 1. The van der Waals surface area contributed by atoms with Crippen LogP contribution in [0.15, 0.2) is 0 Å². The molecule has 19 heavy (non-hydrogen) atoms. The molecule has 108 valence electrons. The normalized spacial score (nSPS) is 17.7. The van der Waals surface area contributed by atoms with Crippen molar-refractivity contribution in [1.29, 1.82) is 0 Å². The maximum Gasteiger partial charge on any atom is 0.407 e. The smallest absolute Gasteiger partial charge is 0.407 e. The number of carbonyl (C=O) groups excluding carboxylic acids is 2. The molecule has 7 heteroatoms. The van der Waals surface area contributed by atoms with Crippen LogP contribution in [0.4, 0.5) is 4.79 Å². The average molecular weight is 272 g/mol. The van der Waals surface area contributed by atoms with Gasteiger partial charge in [-0.1, -0.05) is 0 Å². The van der Waals surface area contributed by atoms with Crippen LogP contribution in [0.25, 0.3) is 0 Å². The number of nitrogens with one attached hydrogen (secondary N) is 1. The van der Waals surface area contributed by atoms with E-state index in [-0.39, 0.29) is 11.8 Å². The highest BCUT2D eigenvalue weighted by Crippen LogP contribution is 2.22. The Morgan fingerprint density at radius 3 is 2.37 bits per heavy atom. The molecule has 2 N–H and O–H groups in total. The summed E-state index contributed by atoms with van der Waals surface area (Å²) in [6.07, 6.45) is 1.13. The number of aliphatic carboxylic acids is 1. The first kappa shape index (κ1) is 15.3. The zero-order valence-electron chi connectivity index (χ0n) is 11.2. The Morgan fingerprint density at radius 1 is 1.37 bits per heavy atom. The van der Waals surface area contributed by atoms with E-state index in [0.717, 1.165) is 12.8 Å². The molecule has 0 spiro atoms. The summed E-state index contributed by atoms with van der Waals surface area (Å²) in [7, 11) is 1.19. The van der Waals surface area contributed by atoms with E-state index < -0.39 is 18.1 Å². The Kier molecular flexibility index (Phi) is 5.59. The van der Waals surface area contributed by atoms with Crippen molar-refractivity contribution in [3.63, 3.8) is 0 Å². The third-order valence-electron chi connectivity index (χ3n) is 3.40. The number of carboxylic acid groups (broad SMARTS) is 1. The molecule has 1 fully saturated rings. The molecule has 0 aromatic rings. The number of hydrogen-bond acceptors (Lipinski definition) is 4. The van der Waals surface area contributed by atoms with Gasteiger partial charge in [0, 0.05) is 20.0 Å². The van der Waals surface area contributed by atoms with Crippen molar-refractivity contribution in [1.82, 2.24) is 10.2 Å². The van der Waals surface area contributed by atoms with Gasteiger partial charge in [0.2, 0.25) is 5.91 Å². The number of methoxy groups -OCH3 is 1. The van der Waals surface area contributed by atoms with Crippen LogP contribution in [0.5, 0.6) is 0 Å². The van der Waals surface area contributed by atoms with Gasteiger partial charge in [0.05, 0.1) is 7.11 Å². The molecule has 0 bridgehead atoms. The highest BCUT2D eigenvalue weighted by atomic mass is 16.5. The number of rotatable bonds is 4. The number of nitrogens with zero attached hydrogens (tertiary/aromatic N) is 1. The summed E-state index contributed by atoms with van der Waals surface area (Å²) in [5.74, 6) is -0.839. The van der Waals surface area contributed by atoms with Gasteiger partial charge in [-0.25, -0.2) is 9.59 Å². The van der Waals surface area contributed by atoms with Crippen molar-refractivity contribution in [2.24, 2.45) is 5.92 Å². The van der Waals surface area contributed by atoms with E-state index in [2.05, 4.69) is 10.1 Å². The van der Waals surface area contributed by atoms with Crippen LogP contribution < -0.4 is 5.32 Å². The number of piperidine rings is 1. The number of alkyl carbamates (subject to hydrolysis) is 1. The summed E-state index contributed by atoms with van der Waals surface area (Å²) in [6.45, 7) is 2.81. The van der Waals surface area contributed by atoms with Crippen LogP contribution in [0, 0.1) is 5.92 Å². The van der Waals surface area contributed by atoms with Crippen LogP contribution in [-0.4, -0.2) is 54.2 Å². The lowest BCUT2D eigenvalue weighted by Crippen LogP contribution is -2.44. The predicted molar refractivity (Wildman–Crippen MR) is 66.6 cm³/mol. The summed E-state index contributed by atoms with van der Waals surface area (Å²) in [5.41, 5.74) is 0. The van der Waals surface area contributed by atoms with E-state index in [0.29, 0.717) is 19.5 Å². The average Bonchev–Trinajstić information content (AvgIpc) is 2.38. The molecule has 0 aliphatic carbocycles. The number of carbonyl (C=O) groups is 3. The van der Waals surface area contributed by atoms with Crippen molar-refractivity contribution in [2.75, 3.05) is 20.2 Å². The van der Waals surface area contributed by atoms with Gasteiger partial charge in [0.1, 0.15) is 6.04 Å². The summed E-state index contributed by atoms with van der Waals surface area (Å²) >= 11 is 0. The van der Waals surface area contributed by atoms with Crippen LogP contribution in [0.1, 0.15) is 26.2 Å². The molecule has 2 amide bonds. The van der Waals surface area contributed by atoms with E-state index in [9.17, 15) is 14.4 Å². The van der Waals surface area contributed by atoms with Crippen LogP contribution in [0.3, 0.4) is 0 Å². The lowest BCUT2D eigenvalue weighted by molar-refractivity contribution is -0.140. The maximum absolute atomic E-state index is 11.2. The number of carboxylic acids is 1. The lowest BCUT2D eigenvalue weighted by Gasteiger charge is -2.32. The largest absolute Gasteiger partial charge is 0.480 e. The fourth-order valence-electron chi connectivity index (χ4n) is 2.24. The fourth-order valence-corrected chi connectivity index (χ4v) is 2.24. The van der Waals surface area contributed by atoms with Gasteiger partial charge in [-0.2, -0.15) is 0 Å². The fraction of sp³-hybridized carbons (Fsp3) is 0.750. The van der Waals surface area contributed by atoms with Crippen molar-refractivity contribution in [3.05, 3.63) is 0 Å². The molecule has 0 aromatic carbocycles. The van der Waals surface area contributed by atoms with Gasteiger partial charge in [-0.3, -0.25) is 4.79 Å². The first-order valence-electron chi connectivity index (χ1n) is 6.26. The second-order valence-corrected chi connectivity index (χ2v) is 4.71. The van der Waals surface area contributed by atoms with Gasteiger partial charge in [0.15, 0.2) is 0 Å². The Hall–Kier alpha value is -1.79. The zero-order chi connectivity index (χ0) is 14.4. The Bertz CT molecular complexity index is 350. The molecule has 7 nitrogen and oxygen atoms in total. The molecule has 0 aromatic heterocycles. The Balaban J connectivity index is 2.46. The van der Waals surface area contributed by atoms with E-state index >= 15 is 0 Å². The van der Waals surface area contributed by atoms with E-state index in [1.807, 2.05) is 0 Å². The molecule has 0 saturated carbocycles. The SMILES string of the molecule is COC(=O)N[C@@H](CC1CCN(C(C)=O)CC1)C(=O)O. The Morgan fingerprint density at radius 2 is 1.95 bits per heavy atom. The van der Waals surface area contributed by atoms with Gasteiger partial charge < -0.3 is 20.1 Å². The van der Waals surface area contributed by atoms with Crippen LogP contribution >= 0.6 is 0 Å². The molecule has 0 unspecified atom stereocenters. The standard InChI is InChI=1S/C12H20N2O5/c1-8(15)14-5-3-9(4-6-14)7-10(11(16)17)13-12(18)19-2/h9-10H,3-7H2,1-2H3,(H,13,18)(H,16,17)/t10-/m0/s1. The minimum absolute atomic E-state index is 0.0425. The maximum atomic E-state index is 11.2. The minimum atomic E-state index is -1.07. The molecule has 1 rings (SSSR count). The van der Waals surface area contributed by atoms with Crippen molar-refractivity contribution in [3.8, 4) is 0 Å². The third-order valence-corrected chi connectivity index (χ3v) is 3.40. The van der Waals surface area contributed by atoms with Crippen LogP contribution in [-0.2, 0) is 14.3 Å². The van der Waals surface area contributed by atoms with Gasteiger partial charge in [-0.15, -0.1) is 0 Å². The van der Waals surface area contributed by atoms with E-state index in [1.54, 1.807) is 4.90 Å². The second kappa shape index (κ2) is 6.96. The predicted octanol–water partition coefficient (Wildman–Crippen LogP) is 0.444. The molecular weight excluding hydrogens is 252 g/mol. The summed E-state index contributed by atoms with van der Waals surface area (Å²) in [6, 6.07) is -0.943. The van der Waals surface area contributed by atoms with Crippen molar-refractivity contribution >= 4 is 18.0 Å². The molecule has 1 heterocycles. The summed E-state index contributed by atoms with van der Waals surface area (Å²) in [5, 5.41) is 11.4. The van der Waals surface area contributed by atoms with Crippen molar-refractivity contribution < 1.29 is 24.2 Å². The van der Waals surface area contributed by atoms with E-state index in [4.69, 9.17) is 5.11 Å². The first-order valence-corrected chi connectivity index (χ1v) is 6.26. The molecule has 1 atom stereocenters. The number of amides is 2. The quantitative estimate of drug-likeness (QED) is 0.774. The molecule has 1 aliphatic rings. The topological polar surface area (TPSA) is 95.9 Å². The summed E-state index contributed by atoms with van der Waals surface area (Å²) in [4.78, 5) is 35.1. The highest BCUT2D eigenvalue weighted by Gasteiger charge is 2.27. The van der Waals surface area contributed by atoms with E-state index in [1.165, 1.54) is 14.0 Å². The summed E-state index contributed by atoms with van der Waals surface area (Å²) < 4.78 is 4.40. The molecular formula is C12H20N2O5. The molecule has 1 saturated heterocycles. The van der Waals surface area contributed by atoms with Crippen LogP contribution in [0.2, 0.25) is 0 Å². The molecule has 1 aliphatic heterocycles. The number of likely N-dealkylation sites (tertiary alicyclic amines) is 1. The Labute approximate surface area is 111 Å². The van der Waals surface area contributed by atoms with Crippen molar-refractivity contribution in [2.45, 2.75) is 32.2 Å². The minimum Gasteiger partial charge on any atom is -0.480 e. The zero-order valence-corrected chi connectivity index (χ0v) is 11.2. The van der Waals surface area contributed by atoms with Gasteiger partial charge in [-0.05, 0) is 25.2 Å². The second-order valence-electron chi connectivity index (χ2n) is 4.71. The third kappa shape index (κ3) is 4.76. The monoisotopic (exact) mass is 272 g/mol.